The second-order valence-corrected chi connectivity index (χ2v) is 6.71. The Kier molecular flexibility index (Phi) is 4.61. The van der Waals surface area contributed by atoms with E-state index in [2.05, 4.69) is 53.3 Å². The van der Waals surface area contributed by atoms with Crippen molar-refractivity contribution in [3.63, 3.8) is 0 Å². The van der Waals surface area contributed by atoms with Gasteiger partial charge in [0.05, 0.1) is 0 Å². The minimum atomic E-state index is 0.669. The highest BCUT2D eigenvalue weighted by molar-refractivity contribution is 5.82. The van der Waals surface area contributed by atoms with E-state index in [1.54, 1.807) is 0 Å². The average Bonchev–Trinajstić information content (AvgIpc) is 2.95. The smallest absolute Gasteiger partial charge is 0.0457 e. The molecule has 0 atom stereocenters. The molecule has 1 saturated heterocycles. The highest BCUT2D eigenvalue weighted by Gasteiger charge is 2.19. The Morgan fingerprint density at radius 1 is 1.24 bits per heavy atom. The van der Waals surface area contributed by atoms with Crippen LogP contribution < -0.4 is 5.32 Å². The number of hydrogen-bond donors (Lipinski definition) is 2. The van der Waals surface area contributed by atoms with E-state index in [1.165, 1.54) is 48.9 Å². The molecule has 0 radical (unpaired) electrons. The maximum absolute atomic E-state index is 3.75. The molecule has 0 bridgehead atoms. The molecule has 2 heterocycles. The van der Waals surface area contributed by atoms with E-state index in [1.807, 2.05) is 6.20 Å². The molecule has 1 aromatic carbocycles. The first kappa shape index (κ1) is 14.6. The van der Waals surface area contributed by atoms with E-state index in [0.29, 0.717) is 6.04 Å². The molecule has 0 unspecified atom stereocenters. The van der Waals surface area contributed by atoms with E-state index in [0.717, 1.165) is 12.5 Å². The average molecular weight is 285 g/mol. The number of aromatic amines is 1. The number of H-pyrrole nitrogens is 1. The number of fused-ring (bicyclic) bond motifs is 1. The normalized spacial score (nSPS) is 17.9. The number of likely N-dealkylation sites (tertiary alicyclic amines) is 1. The predicted octanol–water partition coefficient (Wildman–Crippen LogP) is 3.38. The van der Waals surface area contributed by atoms with Gasteiger partial charge in [-0.05, 0) is 49.5 Å². The van der Waals surface area contributed by atoms with Crippen molar-refractivity contribution in [2.45, 2.75) is 39.3 Å². The number of piperidine rings is 1. The van der Waals surface area contributed by atoms with Crippen LogP contribution >= 0.6 is 0 Å². The van der Waals surface area contributed by atoms with Gasteiger partial charge in [-0.3, -0.25) is 0 Å². The molecule has 2 N–H and O–H groups in total. The molecule has 0 amide bonds. The summed E-state index contributed by atoms with van der Waals surface area (Å²) in [5.74, 6) is 0.778. The van der Waals surface area contributed by atoms with Crippen LogP contribution in [0.2, 0.25) is 0 Å². The zero-order valence-corrected chi connectivity index (χ0v) is 13.2. The molecule has 0 aliphatic carbocycles. The lowest BCUT2D eigenvalue weighted by atomic mass is 10.0. The molecule has 1 aromatic heterocycles. The van der Waals surface area contributed by atoms with Crippen LogP contribution in [0.4, 0.5) is 0 Å². The van der Waals surface area contributed by atoms with Crippen LogP contribution in [0.15, 0.2) is 30.5 Å². The van der Waals surface area contributed by atoms with Gasteiger partial charge >= 0.3 is 0 Å². The lowest BCUT2D eigenvalue weighted by Gasteiger charge is -2.33. The van der Waals surface area contributed by atoms with Gasteiger partial charge in [-0.1, -0.05) is 26.0 Å². The number of nitrogens with zero attached hydrogens (tertiary/aromatic N) is 1. The lowest BCUT2D eigenvalue weighted by Crippen LogP contribution is -2.43. The van der Waals surface area contributed by atoms with Crippen LogP contribution in [0.5, 0.6) is 0 Å². The van der Waals surface area contributed by atoms with Gasteiger partial charge in [-0.15, -0.1) is 0 Å². The van der Waals surface area contributed by atoms with E-state index < -0.39 is 0 Å². The van der Waals surface area contributed by atoms with E-state index in [9.17, 15) is 0 Å². The number of hydrogen-bond acceptors (Lipinski definition) is 2. The van der Waals surface area contributed by atoms with Gasteiger partial charge in [0.1, 0.15) is 0 Å². The monoisotopic (exact) mass is 285 g/mol. The van der Waals surface area contributed by atoms with Crippen molar-refractivity contribution in [1.29, 1.82) is 0 Å². The van der Waals surface area contributed by atoms with Crippen molar-refractivity contribution in [3.8, 4) is 0 Å². The molecular formula is C18H27N3. The molecule has 21 heavy (non-hydrogen) atoms. The van der Waals surface area contributed by atoms with Crippen LogP contribution in [-0.4, -0.2) is 35.6 Å². The van der Waals surface area contributed by atoms with Gasteiger partial charge in [0.15, 0.2) is 0 Å². The third kappa shape index (κ3) is 3.66. The molecule has 0 spiro atoms. The fourth-order valence-electron chi connectivity index (χ4n) is 3.39. The maximum Gasteiger partial charge on any atom is 0.0457 e. The number of nitrogens with one attached hydrogen (secondary N) is 2. The number of aromatic nitrogens is 1. The van der Waals surface area contributed by atoms with Crippen LogP contribution in [-0.2, 0) is 6.54 Å². The van der Waals surface area contributed by atoms with Crippen LogP contribution in [0.3, 0.4) is 0 Å². The summed E-state index contributed by atoms with van der Waals surface area (Å²) in [5, 5.41) is 5.10. The Labute approximate surface area is 127 Å². The van der Waals surface area contributed by atoms with Crippen molar-refractivity contribution in [2.75, 3.05) is 19.6 Å². The summed E-state index contributed by atoms with van der Waals surface area (Å²) in [6, 6.07) is 9.36. The van der Waals surface area contributed by atoms with Crippen molar-refractivity contribution in [3.05, 3.63) is 36.0 Å². The number of benzene rings is 1. The molecule has 0 saturated carbocycles. The van der Waals surface area contributed by atoms with E-state index in [4.69, 9.17) is 0 Å². The summed E-state index contributed by atoms with van der Waals surface area (Å²) < 4.78 is 0. The summed E-state index contributed by atoms with van der Waals surface area (Å²) in [6.45, 7) is 9.32. The number of rotatable bonds is 5. The van der Waals surface area contributed by atoms with E-state index >= 15 is 0 Å². The topological polar surface area (TPSA) is 31.1 Å². The first-order valence-electron chi connectivity index (χ1n) is 8.23. The van der Waals surface area contributed by atoms with Gasteiger partial charge < -0.3 is 15.2 Å². The van der Waals surface area contributed by atoms with Gasteiger partial charge in [0.2, 0.25) is 0 Å². The first-order chi connectivity index (χ1) is 10.2. The SMILES string of the molecule is CC(C)CN1CCC(NCc2cccc3[nH]ccc23)CC1. The summed E-state index contributed by atoms with van der Waals surface area (Å²) >= 11 is 0. The molecule has 2 aromatic rings. The Hall–Kier alpha value is -1.32. The van der Waals surface area contributed by atoms with Crippen LogP contribution in [0, 0.1) is 5.92 Å². The molecule has 1 aliphatic heterocycles. The van der Waals surface area contributed by atoms with Crippen LogP contribution in [0.25, 0.3) is 10.9 Å². The van der Waals surface area contributed by atoms with Crippen molar-refractivity contribution in [1.82, 2.24) is 15.2 Å². The lowest BCUT2D eigenvalue weighted by molar-refractivity contribution is 0.179. The van der Waals surface area contributed by atoms with Crippen molar-refractivity contribution < 1.29 is 0 Å². The van der Waals surface area contributed by atoms with E-state index in [-0.39, 0.29) is 0 Å². The first-order valence-corrected chi connectivity index (χ1v) is 8.23. The molecule has 1 fully saturated rings. The molecule has 1 aliphatic rings. The highest BCUT2D eigenvalue weighted by atomic mass is 15.1. The Morgan fingerprint density at radius 2 is 2.05 bits per heavy atom. The van der Waals surface area contributed by atoms with Gasteiger partial charge in [0, 0.05) is 36.2 Å². The third-order valence-electron chi connectivity index (χ3n) is 4.48. The van der Waals surface area contributed by atoms with Crippen molar-refractivity contribution >= 4 is 10.9 Å². The Morgan fingerprint density at radius 3 is 2.81 bits per heavy atom. The largest absolute Gasteiger partial charge is 0.361 e. The second-order valence-electron chi connectivity index (χ2n) is 6.71. The van der Waals surface area contributed by atoms with Crippen molar-refractivity contribution in [2.24, 2.45) is 5.92 Å². The summed E-state index contributed by atoms with van der Waals surface area (Å²) in [4.78, 5) is 5.89. The fraction of sp³-hybridized carbons (Fsp3) is 0.556. The molecule has 3 rings (SSSR count). The fourth-order valence-corrected chi connectivity index (χ4v) is 3.39. The Bertz CT molecular complexity index is 565. The quantitative estimate of drug-likeness (QED) is 0.882. The van der Waals surface area contributed by atoms with Gasteiger partial charge in [-0.25, -0.2) is 0 Å². The van der Waals surface area contributed by atoms with Gasteiger partial charge in [0.25, 0.3) is 0 Å². The standard InChI is InChI=1S/C18H27N3/c1-14(2)13-21-10-7-16(8-11-21)20-12-15-4-3-5-18-17(15)6-9-19-18/h3-6,9,14,16,19-20H,7-8,10-13H2,1-2H3. The Balaban J connectivity index is 1.51. The highest BCUT2D eigenvalue weighted by Crippen LogP contribution is 2.18. The maximum atomic E-state index is 3.75. The zero-order chi connectivity index (χ0) is 14.7. The molecule has 3 heteroatoms. The molecule has 3 nitrogen and oxygen atoms in total. The zero-order valence-electron chi connectivity index (χ0n) is 13.2. The summed E-state index contributed by atoms with van der Waals surface area (Å²) in [5.41, 5.74) is 2.64. The van der Waals surface area contributed by atoms with Crippen LogP contribution in [0.1, 0.15) is 32.3 Å². The molecule has 114 valence electrons. The predicted molar refractivity (Wildman–Crippen MR) is 89.4 cm³/mol. The third-order valence-corrected chi connectivity index (χ3v) is 4.48. The minimum absolute atomic E-state index is 0.669. The summed E-state index contributed by atoms with van der Waals surface area (Å²) in [6.07, 6.45) is 4.57. The second kappa shape index (κ2) is 6.63. The minimum Gasteiger partial charge on any atom is -0.361 e. The van der Waals surface area contributed by atoms with Gasteiger partial charge in [-0.2, -0.15) is 0 Å². The summed E-state index contributed by atoms with van der Waals surface area (Å²) in [7, 11) is 0. The molecular weight excluding hydrogens is 258 g/mol.